The summed E-state index contributed by atoms with van der Waals surface area (Å²) in [5.74, 6) is -0.323. The Kier molecular flexibility index (Phi) is 7.87. The van der Waals surface area contributed by atoms with Gasteiger partial charge in [-0.05, 0) is 30.0 Å². The van der Waals surface area contributed by atoms with Gasteiger partial charge in [-0.3, -0.25) is 9.69 Å². The van der Waals surface area contributed by atoms with Crippen molar-refractivity contribution in [3.8, 4) is 5.75 Å². The van der Waals surface area contributed by atoms with Crippen LogP contribution in [0.1, 0.15) is 20.3 Å². The van der Waals surface area contributed by atoms with Gasteiger partial charge < -0.3 is 15.8 Å². The molecule has 1 saturated heterocycles. The average molecular weight is 398 g/mol. The second-order valence-electron chi connectivity index (χ2n) is 6.67. The lowest BCUT2D eigenvalue weighted by Crippen LogP contribution is -2.53. The lowest BCUT2D eigenvalue weighted by atomic mass is 9.80. The number of halogens is 4. The van der Waals surface area contributed by atoms with Crippen molar-refractivity contribution in [3.05, 3.63) is 23.2 Å². The number of nitrogens with two attached hydrogens (primary N) is 1. The van der Waals surface area contributed by atoms with Crippen LogP contribution in [0, 0.1) is 5.41 Å². The van der Waals surface area contributed by atoms with Gasteiger partial charge in [0.05, 0.1) is 11.6 Å². The highest BCUT2D eigenvalue weighted by molar-refractivity contribution is 6.32. The molecule has 0 bridgehead atoms. The first-order valence-corrected chi connectivity index (χ1v) is 8.07. The van der Waals surface area contributed by atoms with E-state index in [9.17, 15) is 13.6 Å². The van der Waals surface area contributed by atoms with Crippen LogP contribution in [-0.4, -0.2) is 43.1 Å². The molecule has 1 aliphatic rings. The largest absolute Gasteiger partial charge is 0.433 e. The fourth-order valence-electron chi connectivity index (χ4n) is 2.79. The van der Waals surface area contributed by atoms with Crippen molar-refractivity contribution in [2.45, 2.75) is 32.9 Å². The highest BCUT2D eigenvalue weighted by Crippen LogP contribution is 2.29. The van der Waals surface area contributed by atoms with Crippen molar-refractivity contribution in [1.29, 1.82) is 0 Å². The molecule has 9 heteroatoms. The SMILES string of the molecule is CC1(C)CN(CC(=O)Nc2ccc(OC(F)F)c(Cl)c2)CCC1N.Cl. The number of carbonyl (C=O) groups excluding carboxylic acids is 1. The van der Waals surface area contributed by atoms with Gasteiger partial charge in [0.15, 0.2) is 0 Å². The van der Waals surface area contributed by atoms with Crippen LogP contribution >= 0.6 is 24.0 Å². The molecule has 0 spiro atoms. The Balaban J connectivity index is 0.00000312. The monoisotopic (exact) mass is 397 g/mol. The summed E-state index contributed by atoms with van der Waals surface area (Å²) in [4.78, 5) is 14.2. The maximum atomic E-state index is 12.2. The number of benzene rings is 1. The third-order valence-corrected chi connectivity index (χ3v) is 4.49. The van der Waals surface area contributed by atoms with Crippen LogP contribution in [0.4, 0.5) is 14.5 Å². The number of carbonyl (C=O) groups is 1. The molecule has 1 atom stereocenters. The van der Waals surface area contributed by atoms with E-state index in [0.717, 1.165) is 19.5 Å². The van der Waals surface area contributed by atoms with Gasteiger partial charge in [-0.25, -0.2) is 0 Å². The van der Waals surface area contributed by atoms with Crippen LogP contribution in [0.15, 0.2) is 18.2 Å². The van der Waals surface area contributed by atoms with Gasteiger partial charge in [0.1, 0.15) is 5.75 Å². The van der Waals surface area contributed by atoms with Crippen LogP contribution in [0.2, 0.25) is 5.02 Å². The number of rotatable bonds is 5. The number of anilines is 1. The Morgan fingerprint density at radius 1 is 1.52 bits per heavy atom. The molecule has 1 amide bonds. The fourth-order valence-corrected chi connectivity index (χ4v) is 3.02. The first-order chi connectivity index (χ1) is 11.2. The third-order valence-electron chi connectivity index (χ3n) is 4.19. The molecular formula is C16H23Cl2F2N3O2. The van der Waals surface area contributed by atoms with Gasteiger partial charge in [-0.2, -0.15) is 8.78 Å². The van der Waals surface area contributed by atoms with E-state index in [1.807, 2.05) is 0 Å². The van der Waals surface area contributed by atoms with E-state index in [-0.39, 0.29) is 47.1 Å². The number of amides is 1. The summed E-state index contributed by atoms with van der Waals surface area (Å²) in [6, 6.07) is 4.27. The van der Waals surface area contributed by atoms with Crippen LogP contribution in [0.5, 0.6) is 5.75 Å². The van der Waals surface area contributed by atoms with E-state index < -0.39 is 6.61 Å². The molecule has 0 aromatic heterocycles. The van der Waals surface area contributed by atoms with E-state index >= 15 is 0 Å². The predicted molar refractivity (Wildman–Crippen MR) is 96.8 cm³/mol. The Bertz CT molecular complexity index is 603. The summed E-state index contributed by atoms with van der Waals surface area (Å²) in [5.41, 5.74) is 6.47. The summed E-state index contributed by atoms with van der Waals surface area (Å²) in [6.07, 6.45) is 0.839. The molecule has 1 unspecified atom stereocenters. The van der Waals surface area contributed by atoms with Crippen LogP contribution in [0.3, 0.4) is 0 Å². The van der Waals surface area contributed by atoms with E-state index in [4.69, 9.17) is 17.3 Å². The van der Waals surface area contributed by atoms with Crippen molar-refractivity contribution >= 4 is 35.6 Å². The standard InChI is InChI=1S/C16H22ClF2N3O2.ClH/c1-16(2)9-22(6-5-13(16)20)8-14(23)21-10-3-4-12(11(17)7-10)24-15(18)19;/h3-4,7,13,15H,5-6,8-9,20H2,1-2H3,(H,21,23);1H. The van der Waals surface area contributed by atoms with Crippen LogP contribution in [0.25, 0.3) is 0 Å². The Morgan fingerprint density at radius 3 is 2.76 bits per heavy atom. The zero-order valence-electron chi connectivity index (χ0n) is 14.1. The van der Waals surface area contributed by atoms with Gasteiger partial charge >= 0.3 is 6.61 Å². The van der Waals surface area contributed by atoms with E-state index in [0.29, 0.717) is 5.69 Å². The number of piperidine rings is 1. The van der Waals surface area contributed by atoms with Crippen molar-refractivity contribution in [2.24, 2.45) is 11.1 Å². The molecule has 25 heavy (non-hydrogen) atoms. The first kappa shape index (κ1) is 21.9. The van der Waals surface area contributed by atoms with Gasteiger partial charge in [0.2, 0.25) is 5.91 Å². The number of hydrogen-bond donors (Lipinski definition) is 2. The molecule has 142 valence electrons. The Morgan fingerprint density at radius 2 is 2.20 bits per heavy atom. The quantitative estimate of drug-likeness (QED) is 0.798. The summed E-state index contributed by atoms with van der Waals surface area (Å²) < 4.78 is 28.7. The second kappa shape index (κ2) is 8.98. The smallest absolute Gasteiger partial charge is 0.387 e. The number of hydrogen-bond acceptors (Lipinski definition) is 4. The first-order valence-electron chi connectivity index (χ1n) is 7.69. The van der Waals surface area contributed by atoms with Crippen LogP contribution < -0.4 is 15.8 Å². The molecule has 1 fully saturated rings. The zero-order chi connectivity index (χ0) is 17.9. The Hall–Kier alpha value is -1.15. The lowest BCUT2D eigenvalue weighted by molar-refractivity contribution is -0.118. The summed E-state index contributed by atoms with van der Waals surface area (Å²) in [7, 11) is 0. The van der Waals surface area contributed by atoms with E-state index in [1.54, 1.807) is 0 Å². The number of likely N-dealkylation sites (tertiary alicyclic amines) is 1. The zero-order valence-corrected chi connectivity index (χ0v) is 15.7. The highest BCUT2D eigenvalue weighted by Gasteiger charge is 2.33. The molecule has 3 N–H and O–H groups in total. The van der Waals surface area contributed by atoms with Crippen molar-refractivity contribution < 1.29 is 18.3 Å². The molecule has 0 radical (unpaired) electrons. The average Bonchev–Trinajstić information content (AvgIpc) is 2.45. The highest BCUT2D eigenvalue weighted by atomic mass is 35.5. The Labute approximate surface area is 157 Å². The molecular weight excluding hydrogens is 375 g/mol. The molecule has 1 aromatic carbocycles. The molecule has 5 nitrogen and oxygen atoms in total. The predicted octanol–water partition coefficient (Wildman–Crippen LogP) is 3.36. The van der Waals surface area contributed by atoms with Crippen LogP contribution in [-0.2, 0) is 4.79 Å². The summed E-state index contributed by atoms with van der Waals surface area (Å²) in [6.45, 7) is 2.97. The molecule has 1 aliphatic heterocycles. The van der Waals surface area contributed by atoms with E-state index in [2.05, 4.69) is 28.8 Å². The minimum Gasteiger partial charge on any atom is -0.433 e. The minimum absolute atomic E-state index is 0. The summed E-state index contributed by atoms with van der Waals surface area (Å²) >= 11 is 5.87. The number of alkyl halides is 2. The summed E-state index contributed by atoms with van der Waals surface area (Å²) in [5, 5.41) is 2.72. The maximum absolute atomic E-state index is 12.2. The van der Waals surface area contributed by atoms with Crippen molar-refractivity contribution in [2.75, 3.05) is 25.0 Å². The number of nitrogens with zero attached hydrogens (tertiary/aromatic N) is 1. The topological polar surface area (TPSA) is 67.6 Å². The second-order valence-corrected chi connectivity index (χ2v) is 7.07. The molecule has 2 rings (SSSR count). The molecule has 0 aliphatic carbocycles. The molecule has 0 saturated carbocycles. The minimum atomic E-state index is -2.95. The van der Waals surface area contributed by atoms with Gasteiger partial charge in [-0.1, -0.05) is 25.4 Å². The van der Waals surface area contributed by atoms with E-state index in [1.165, 1.54) is 18.2 Å². The van der Waals surface area contributed by atoms with Gasteiger partial charge in [-0.15, -0.1) is 12.4 Å². The lowest BCUT2D eigenvalue weighted by Gasteiger charge is -2.42. The third kappa shape index (κ3) is 6.26. The normalized spacial score (nSPS) is 20.0. The maximum Gasteiger partial charge on any atom is 0.387 e. The fraction of sp³-hybridized carbons (Fsp3) is 0.562. The number of nitrogens with one attached hydrogen (secondary N) is 1. The number of ether oxygens (including phenoxy) is 1. The van der Waals surface area contributed by atoms with Gasteiger partial charge in [0.25, 0.3) is 0 Å². The van der Waals surface area contributed by atoms with Crippen molar-refractivity contribution in [1.82, 2.24) is 4.90 Å². The molecule has 1 aromatic rings. The molecule has 1 heterocycles. The van der Waals surface area contributed by atoms with Gasteiger partial charge in [0, 0.05) is 24.8 Å². The van der Waals surface area contributed by atoms with Crippen molar-refractivity contribution in [3.63, 3.8) is 0 Å².